The van der Waals surface area contributed by atoms with Gasteiger partial charge in [-0.3, -0.25) is 0 Å². The Kier molecular flexibility index (Phi) is 4.81. The fourth-order valence-corrected chi connectivity index (χ4v) is 66.3. The number of hydrogen-bond donors (Lipinski definition) is 0. The lowest BCUT2D eigenvalue weighted by Gasteiger charge is -2.67. The summed E-state index contributed by atoms with van der Waals surface area (Å²) in [6, 6.07) is 0. The molecule has 5 heteroatoms. The van der Waals surface area contributed by atoms with E-state index < -0.39 is 30.6 Å². The quantitative estimate of drug-likeness (QED) is 0.393. The van der Waals surface area contributed by atoms with Crippen LogP contribution in [-0.2, 0) is 4.43 Å². The van der Waals surface area contributed by atoms with Crippen molar-refractivity contribution in [3.8, 4) is 0 Å². The highest BCUT2D eigenvalue weighted by Gasteiger charge is 2.79. The van der Waals surface area contributed by atoms with E-state index in [2.05, 4.69) is 91.8 Å². The van der Waals surface area contributed by atoms with Gasteiger partial charge in [-0.1, -0.05) is 72.2 Å². The van der Waals surface area contributed by atoms with Crippen LogP contribution in [0, 0.1) is 11.3 Å². The molecule has 140 valence electrons. The fourth-order valence-electron chi connectivity index (χ4n) is 7.18. The molecule has 3 atom stereocenters. The van der Waals surface area contributed by atoms with Crippen molar-refractivity contribution in [2.75, 3.05) is 0 Å². The van der Waals surface area contributed by atoms with E-state index in [4.69, 9.17) is 4.43 Å². The van der Waals surface area contributed by atoms with Crippen molar-refractivity contribution in [2.45, 2.75) is 96.9 Å². The van der Waals surface area contributed by atoms with Gasteiger partial charge in [-0.2, -0.15) is 0 Å². The molecular formula is C19H42OSi4. The van der Waals surface area contributed by atoms with E-state index in [0.717, 1.165) is 5.54 Å². The monoisotopic (exact) mass is 398 g/mol. The van der Waals surface area contributed by atoms with Gasteiger partial charge < -0.3 is 4.43 Å². The maximum absolute atomic E-state index is 7.47. The molecular weight excluding hydrogens is 357 g/mol. The summed E-state index contributed by atoms with van der Waals surface area (Å²) in [5.74, 6) is 0.666. The molecule has 0 aromatic heterocycles. The molecule has 0 radical (unpaired) electrons. The molecule has 1 saturated heterocycles. The molecule has 0 N–H and O–H groups in total. The fraction of sp³-hybridized carbons (Fsp3) is 0.895. The maximum atomic E-state index is 7.47. The van der Waals surface area contributed by atoms with Crippen LogP contribution >= 0.6 is 0 Å². The van der Waals surface area contributed by atoms with Crippen LogP contribution in [0.4, 0.5) is 0 Å². The first kappa shape index (κ1) is 20.9. The lowest BCUT2D eigenvalue weighted by molar-refractivity contribution is 0.00305. The van der Waals surface area contributed by atoms with Crippen LogP contribution in [0.25, 0.3) is 0 Å². The largest absolute Gasteiger partial charge is 0.414 e. The van der Waals surface area contributed by atoms with Crippen LogP contribution in [0.5, 0.6) is 0 Å². The molecule has 3 unspecified atom stereocenters. The molecule has 0 amide bonds. The summed E-state index contributed by atoms with van der Waals surface area (Å²) in [5.41, 5.74) is 1.10. The minimum absolute atomic E-state index is 0.152. The molecule has 2 bridgehead atoms. The molecule has 1 heterocycles. The van der Waals surface area contributed by atoms with E-state index in [1.165, 1.54) is 6.42 Å². The zero-order valence-corrected chi connectivity index (χ0v) is 22.4. The molecule has 0 aromatic rings. The van der Waals surface area contributed by atoms with E-state index in [0.29, 0.717) is 5.92 Å². The Hall–Kier alpha value is 0.568. The molecule has 0 aromatic carbocycles. The average molecular weight is 399 g/mol. The van der Waals surface area contributed by atoms with E-state index in [1.807, 2.05) is 0 Å². The minimum atomic E-state index is -1.64. The van der Waals surface area contributed by atoms with Crippen LogP contribution in [0.2, 0.25) is 64.5 Å². The summed E-state index contributed by atoms with van der Waals surface area (Å²) < 4.78 is 7.47. The Labute approximate surface area is 155 Å². The first-order valence-electron chi connectivity index (χ1n) is 9.80. The van der Waals surface area contributed by atoms with Gasteiger partial charge in [0.2, 0.25) is 0 Å². The zero-order valence-electron chi connectivity index (χ0n) is 18.4. The summed E-state index contributed by atoms with van der Waals surface area (Å²) in [4.78, 5) is 0. The van der Waals surface area contributed by atoms with Crippen molar-refractivity contribution < 1.29 is 4.43 Å². The summed E-state index contributed by atoms with van der Waals surface area (Å²) >= 11 is 0. The lowest BCUT2D eigenvalue weighted by Crippen LogP contribution is -2.87. The Bertz CT molecular complexity index is 514. The Balaban J connectivity index is 2.91. The molecule has 1 aliphatic heterocycles. The Morgan fingerprint density at radius 1 is 0.875 bits per heavy atom. The third-order valence-corrected chi connectivity index (χ3v) is 48.7. The van der Waals surface area contributed by atoms with Crippen molar-refractivity contribution in [1.82, 2.24) is 0 Å². The number of rotatable bonds is 4. The van der Waals surface area contributed by atoms with Crippen molar-refractivity contribution in [3.63, 3.8) is 0 Å². The van der Waals surface area contributed by atoms with Crippen LogP contribution in [0.3, 0.4) is 0 Å². The summed E-state index contributed by atoms with van der Waals surface area (Å²) in [7, 11) is -6.00. The predicted octanol–water partition coefficient (Wildman–Crippen LogP) is 6.40. The van der Waals surface area contributed by atoms with Crippen molar-refractivity contribution in [2.24, 2.45) is 11.3 Å². The molecule has 1 aliphatic carbocycles. The number of fused-ring (bicyclic) bond motifs is 2. The summed E-state index contributed by atoms with van der Waals surface area (Å²) in [6.45, 7) is 30.9. The van der Waals surface area contributed by atoms with E-state index in [-0.39, 0.29) is 10.6 Å². The predicted molar refractivity (Wildman–Crippen MR) is 120 cm³/mol. The van der Waals surface area contributed by atoms with Crippen LogP contribution in [0.1, 0.15) is 27.2 Å². The lowest BCUT2D eigenvalue weighted by atomic mass is 9.80. The molecule has 2 aliphatic rings. The second kappa shape index (κ2) is 5.53. The standard InChI is InChI=1S/C19H42OSi4/c1-18(2,3)19(20-21(4,5)6)16-13-14-17(15-16)24(19,22(7,8)9)23(10,11)12/h13-14,16-17H,15H2,1-12H3. The van der Waals surface area contributed by atoms with Gasteiger partial charge >= 0.3 is 0 Å². The third-order valence-electron chi connectivity index (χ3n) is 6.70. The molecule has 1 fully saturated rings. The first-order chi connectivity index (χ1) is 10.4. The zero-order chi connectivity index (χ0) is 19.0. The maximum Gasteiger partial charge on any atom is 0.184 e. The second-order valence-corrected chi connectivity index (χ2v) is 44.1. The SMILES string of the molecule is CC(C)(C)C1(O[Si](C)(C)C)C2C=CC(C2)[Si]1([Si](C)(C)C)[Si](C)(C)C. The van der Waals surface area contributed by atoms with Gasteiger partial charge in [0.05, 0.1) is 12.3 Å². The molecule has 0 spiro atoms. The van der Waals surface area contributed by atoms with E-state index >= 15 is 0 Å². The minimum Gasteiger partial charge on any atom is -0.414 e. The average Bonchev–Trinajstić information content (AvgIpc) is 2.79. The van der Waals surface area contributed by atoms with Crippen LogP contribution in [-0.4, -0.2) is 35.8 Å². The van der Waals surface area contributed by atoms with E-state index in [1.54, 1.807) is 0 Å². The number of allylic oxidation sites excluding steroid dienone is 1. The van der Waals surface area contributed by atoms with Gasteiger partial charge in [0.15, 0.2) is 8.32 Å². The van der Waals surface area contributed by atoms with Crippen LogP contribution < -0.4 is 0 Å². The molecule has 1 nitrogen and oxygen atoms in total. The van der Waals surface area contributed by atoms with Crippen molar-refractivity contribution in [3.05, 3.63) is 12.2 Å². The van der Waals surface area contributed by atoms with Crippen molar-refractivity contribution >= 4 is 30.6 Å². The third kappa shape index (κ3) is 2.60. The van der Waals surface area contributed by atoms with Gasteiger partial charge in [-0.05, 0) is 37.0 Å². The summed E-state index contributed by atoms with van der Waals surface area (Å²) in [6.07, 6.45) is 6.62. The smallest absolute Gasteiger partial charge is 0.184 e. The van der Waals surface area contributed by atoms with Gasteiger partial charge in [0.25, 0.3) is 0 Å². The van der Waals surface area contributed by atoms with Crippen LogP contribution in [0.15, 0.2) is 12.2 Å². The van der Waals surface area contributed by atoms with Gasteiger partial charge in [-0.15, -0.1) is 0 Å². The van der Waals surface area contributed by atoms with Gasteiger partial charge in [0.1, 0.15) is 0 Å². The first-order valence-corrected chi connectivity index (χ1v) is 24.3. The normalized spacial score (nSPS) is 33.3. The summed E-state index contributed by atoms with van der Waals surface area (Å²) in [5, 5.41) is 0.152. The topological polar surface area (TPSA) is 9.23 Å². The molecule has 2 rings (SSSR count). The Morgan fingerprint density at radius 2 is 1.33 bits per heavy atom. The van der Waals surface area contributed by atoms with Gasteiger partial charge in [0, 0.05) is 21.1 Å². The van der Waals surface area contributed by atoms with Gasteiger partial charge in [-0.25, -0.2) is 0 Å². The highest BCUT2D eigenvalue weighted by Crippen LogP contribution is 2.68. The highest BCUT2D eigenvalue weighted by molar-refractivity contribution is 7.70. The number of hydrogen-bond acceptors (Lipinski definition) is 1. The Morgan fingerprint density at radius 3 is 1.67 bits per heavy atom. The van der Waals surface area contributed by atoms with E-state index in [9.17, 15) is 0 Å². The second-order valence-electron chi connectivity index (χ2n) is 12.3. The van der Waals surface area contributed by atoms with Crippen molar-refractivity contribution in [1.29, 1.82) is 0 Å². The molecule has 0 saturated carbocycles. The highest BCUT2D eigenvalue weighted by atomic mass is 29.6. The molecule has 24 heavy (non-hydrogen) atoms.